The quantitative estimate of drug-likeness (QED) is 0.413. The minimum absolute atomic E-state index is 0.0327. The van der Waals surface area contributed by atoms with E-state index in [9.17, 15) is 17.4 Å². The summed E-state index contributed by atoms with van der Waals surface area (Å²) in [6.45, 7) is 0.294. The van der Waals surface area contributed by atoms with Crippen LogP contribution in [0.5, 0.6) is 0 Å². The molecular formula is C22H19F3N4O2S. The highest BCUT2D eigenvalue weighted by Gasteiger charge is 2.36. The Morgan fingerprint density at radius 1 is 1.06 bits per heavy atom. The molecule has 0 saturated heterocycles. The van der Waals surface area contributed by atoms with Gasteiger partial charge in [-0.1, -0.05) is 54.6 Å². The lowest BCUT2D eigenvalue weighted by molar-refractivity contribution is -0.136. The third kappa shape index (κ3) is 4.57. The van der Waals surface area contributed by atoms with Crippen molar-refractivity contribution < 1.29 is 21.9 Å². The number of aryl methyl sites for hydroxylation is 1. The molecule has 2 N–H and O–H groups in total. The molecule has 0 spiro atoms. The number of rotatable bonds is 6. The zero-order valence-corrected chi connectivity index (χ0v) is 17.7. The number of aromatic nitrogens is 3. The van der Waals surface area contributed by atoms with Crippen LogP contribution in [-0.4, -0.2) is 30.1 Å². The van der Waals surface area contributed by atoms with Crippen LogP contribution in [-0.2, 0) is 30.9 Å². The molecule has 0 aliphatic rings. The van der Waals surface area contributed by atoms with Crippen molar-refractivity contribution in [1.29, 1.82) is 0 Å². The summed E-state index contributed by atoms with van der Waals surface area (Å²) in [5.74, 6) is 0. The van der Waals surface area contributed by atoms with E-state index < -0.39 is 23.0 Å². The number of pyridine rings is 1. The molecule has 0 bridgehead atoms. The van der Waals surface area contributed by atoms with Crippen molar-refractivity contribution in [1.82, 2.24) is 19.5 Å². The first kappa shape index (κ1) is 22.1. The lowest BCUT2D eigenvalue weighted by Crippen LogP contribution is -2.18. The second kappa shape index (κ2) is 8.81. The number of benzene rings is 2. The molecular weight excluding hydrogens is 441 g/mol. The fraction of sp³-hybridized carbons (Fsp3) is 0.182. The zero-order valence-electron chi connectivity index (χ0n) is 16.9. The van der Waals surface area contributed by atoms with Gasteiger partial charge >= 0.3 is 6.18 Å². The maximum atomic E-state index is 14.1. The van der Waals surface area contributed by atoms with Crippen molar-refractivity contribution in [2.75, 3.05) is 6.54 Å². The summed E-state index contributed by atoms with van der Waals surface area (Å²) >= 11 is -2.09. The number of alkyl halides is 3. The van der Waals surface area contributed by atoms with Crippen LogP contribution in [0.3, 0.4) is 0 Å². The molecule has 4 rings (SSSR count). The van der Waals surface area contributed by atoms with E-state index in [-0.39, 0.29) is 22.4 Å². The maximum Gasteiger partial charge on any atom is 0.417 e. The van der Waals surface area contributed by atoms with Crippen LogP contribution in [0.25, 0.3) is 33.5 Å². The van der Waals surface area contributed by atoms with Gasteiger partial charge in [0.15, 0.2) is 5.65 Å². The van der Waals surface area contributed by atoms with E-state index in [0.717, 1.165) is 11.6 Å². The monoisotopic (exact) mass is 460 g/mol. The molecule has 2 aromatic heterocycles. The number of hydrogen-bond donors (Lipinski definition) is 2. The first-order chi connectivity index (χ1) is 15.2. The lowest BCUT2D eigenvalue weighted by atomic mass is 10.0. The van der Waals surface area contributed by atoms with E-state index in [0.29, 0.717) is 24.1 Å². The third-order valence-electron chi connectivity index (χ3n) is 5.04. The van der Waals surface area contributed by atoms with Gasteiger partial charge in [0.1, 0.15) is 5.69 Å². The Kier molecular flexibility index (Phi) is 6.09. The first-order valence-corrected chi connectivity index (χ1v) is 10.8. The minimum Gasteiger partial charge on any atom is -0.294 e. The van der Waals surface area contributed by atoms with E-state index in [4.69, 9.17) is 4.55 Å². The Labute approximate surface area is 184 Å². The van der Waals surface area contributed by atoms with Crippen LogP contribution in [0.4, 0.5) is 13.2 Å². The Bertz CT molecular complexity index is 1270. The van der Waals surface area contributed by atoms with Gasteiger partial charge in [-0.25, -0.2) is 18.6 Å². The molecule has 0 saturated carbocycles. The van der Waals surface area contributed by atoms with Crippen LogP contribution in [0.1, 0.15) is 11.1 Å². The number of hydrogen-bond acceptors (Lipinski definition) is 3. The summed E-state index contributed by atoms with van der Waals surface area (Å²) < 4.78 is 65.4. The van der Waals surface area contributed by atoms with Crippen molar-refractivity contribution in [3.05, 3.63) is 71.8 Å². The van der Waals surface area contributed by atoms with Crippen LogP contribution < -0.4 is 4.72 Å². The van der Waals surface area contributed by atoms with Gasteiger partial charge in [0.2, 0.25) is 11.3 Å². The Morgan fingerprint density at radius 3 is 2.38 bits per heavy atom. The summed E-state index contributed by atoms with van der Waals surface area (Å²) in [5.41, 5.74) is 1.76. The average molecular weight is 460 g/mol. The number of fused-ring (bicyclic) bond motifs is 1. The summed E-state index contributed by atoms with van der Waals surface area (Å²) in [5, 5.41) is 4.30. The van der Waals surface area contributed by atoms with Gasteiger partial charge in [0, 0.05) is 24.7 Å². The predicted molar refractivity (Wildman–Crippen MR) is 117 cm³/mol. The van der Waals surface area contributed by atoms with E-state index in [1.54, 1.807) is 61.6 Å². The highest BCUT2D eigenvalue weighted by Crippen LogP contribution is 2.40. The summed E-state index contributed by atoms with van der Waals surface area (Å²) in [6.07, 6.45) is -4.09. The SMILES string of the molecule is Cn1nc(-c2ccccc2)c2c(C(F)(F)F)cc(-c3ccc(CCNS(=O)O)cc3)nc21. The highest BCUT2D eigenvalue weighted by atomic mass is 32.2. The molecule has 166 valence electrons. The second-order valence-electron chi connectivity index (χ2n) is 7.18. The molecule has 1 unspecified atom stereocenters. The zero-order chi connectivity index (χ0) is 22.9. The molecule has 10 heteroatoms. The molecule has 32 heavy (non-hydrogen) atoms. The van der Waals surface area contributed by atoms with E-state index in [1.165, 1.54) is 4.68 Å². The molecule has 1 atom stereocenters. The number of nitrogens with one attached hydrogen (secondary N) is 1. The molecule has 2 aromatic carbocycles. The Morgan fingerprint density at radius 2 is 1.75 bits per heavy atom. The van der Waals surface area contributed by atoms with E-state index >= 15 is 0 Å². The molecule has 2 heterocycles. The summed E-state index contributed by atoms with van der Waals surface area (Å²) in [4.78, 5) is 4.50. The smallest absolute Gasteiger partial charge is 0.294 e. The molecule has 6 nitrogen and oxygen atoms in total. The normalized spacial score (nSPS) is 12.9. The largest absolute Gasteiger partial charge is 0.417 e. The van der Waals surface area contributed by atoms with Gasteiger partial charge in [0.05, 0.1) is 16.6 Å². The van der Waals surface area contributed by atoms with Gasteiger partial charge in [0.25, 0.3) is 0 Å². The van der Waals surface area contributed by atoms with Gasteiger partial charge in [-0.15, -0.1) is 0 Å². The molecule has 0 aliphatic carbocycles. The van der Waals surface area contributed by atoms with Gasteiger partial charge < -0.3 is 0 Å². The predicted octanol–water partition coefficient (Wildman–Crippen LogP) is 4.59. The average Bonchev–Trinajstić information content (AvgIpc) is 3.10. The van der Waals surface area contributed by atoms with Crippen LogP contribution >= 0.6 is 0 Å². The third-order valence-corrected chi connectivity index (χ3v) is 5.49. The Hall–Kier alpha value is -3.08. The topological polar surface area (TPSA) is 80.0 Å². The molecule has 0 fully saturated rings. The standard InChI is InChI=1S/C22H19F3N4O2S/c1-29-21-19(20(28-29)16-5-3-2-4-6-16)17(22(23,24)25)13-18(27-21)15-9-7-14(8-10-15)11-12-26-32(30)31/h2-10,13,26H,11-12H2,1H3,(H,30,31). The lowest BCUT2D eigenvalue weighted by Gasteiger charge is -2.12. The fourth-order valence-corrected chi connectivity index (χ4v) is 3.82. The van der Waals surface area contributed by atoms with Crippen LogP contribution in [0.2, 0.25) is 0 Å². The number of nitrogens with zero attached hydrogens (tertiary/aromatic N) is 3. The molecule has 0 radical (unpaired) electrons. The van der Waals surface area contributed by atoms with Crippen molar-refractivity contribution in [3.63, 3.8) is 0 Å². The molecule has 0 amide bonds. The van der Waals surface area contributed by atoms with Crippen molar-refractivity contribution in [2.45, 2.75) is 12.6 Å². The van der Waals surface area contributed by atoms with Gasteiger partial charge in [-0.3, -0.25) is 4.55 Å². The van der Waals surface area contributed by atoms with Crippen molar-refractivity contribution in [2.24, 2.45) is 7.05 Å². The van der Waals surface area contributed by atoms with Crippen molar-refractivity contribution in [3.8, 4) is 22.5 Å². The second-order valence-corrected chi connectivity index (χ2v) is 7.97. The maximum absolute atomic E-state index is 14.1. The fourth-order valence-electron chi connectivity index (χ4n) is 3.54. The Balaban J connectivity index is 1.79. The van der Waals surface area contributed by atoms with Gasteiger partial charge in [-0.05, 0) is 18.1 Å². The first-order valence-electron chi connectivity index (χ1n) is 9.68. The van der Waals surface area contributed by atoms with Crippen LogP contribution in [0.15, 0.2) is 60.7 Å². The highest BCUT2D eigenvalue weighted by molar-refractivity contribution is 7.77. The molecule has 0 aliphatic heterocycles. The van der Waals surface area contributed by atoms with Crippen LogP contribution in [0, 0.1) is 0 Å². The van der Waals surface area contributed by atoms with E-state index in [2.05, 4.69) is 14.8 Å². The minimum atomic E-state index is -4.59. The van der Waals surface area contributed by atoms with E-state index in [1.807, 2.05) is 0 Å². The van der Waals surface area contributed by atoms with Gasteiger partial charge in [-0.2, -0.15) is 18.3 Å². The summed E-state index contributed by atoms with van der Waals surface area (Å²) in [6, 6.07) is 16.7. The van der Waals surface area contributed by atoms with Crippen molar-refractivity contribution >= 4 is 22.3 Å². The molecule has 4 aromatic rings. The number of halogens is 3. The summed E-state index contributed by atoms with van der Waals surface area (Å²) in [7, 11) is 1.58.